The van der Waals surface area contributed by atoms with Gasteiger partial charge in [0.1, 0.15) is 5.82 Å². The minimum absolute atomic E-state index is 0.0991. The summed E-state index contributed by atoms with van der Waals surface area (Å²) in [6, 6.07) is 4.87. The number of benzene rings is 1. The lowest BCUT2D eigenvalue weighted by molar-refractivity contribution is -0.142. The lowest BCUT2D eigenvalue weighted by Gasteiger charge is -2.20. The number of carbonyl (C=O) groups is 1. The molecule has 18 heavy (non-hydrogen) atoms. The number of methoxy groups -OCH3 is 1. The Labute approximate surface area is 111 Å². The Hall–Kier alpha value is -1.13. The van der Waals surface area contributed by atoms with Crippen molar-refractivity contribution in [1.29, 1.82) is 0 Å². The molecule has 100 valence electrons. The van der Waals surface area contributed by atoms with Crippen LogP contribution >= 0.6 is 11.6 Å². The number of carbonyl (C=O) groups excluding carboxylic acids is 1. The van der Waals surface area contributed by atoms with Gasteiger partial charge in [0, 0.05) is 12.1 Å². The van der Waals surface area contributed by atoms with Crippen LogP contribution in [0.5, 0.6) is 0 Å². The molecule has 0 saturated carbocycles. The van der Waals surface area contributed by atoms with Gasteiger partial charge in [-0.1, -0.05) is 30.7 Å². The van der Waals surface area contributed by atoms with Gasteiger partial charge in [-0.3, -0.25) is 9.69 Å². The third kappa shape index (κ3) is 4.27. The number of rotatable bonds is 6. The molecule has 5 heteroatoms. The Morgan fingerprint density at radius 1 is 1.50 bits per heavy atom. The van der Waals surface area contributed by atoms with Crippen molar-refractivity contribution >= 4 is 17.6 Å². The number of ether oxygens (including phenoxy) is 1. The fraction of sp³-hybridized carbons (Fsp3) is 0.462. The molecule has 0 unspecified atom stereocenters. The van der Waals surface area contributed by atoms with E-state index >= 15 is 0 Å². The summed E-state index contributed by atoms with van der Waals surface area (Å²) in [7, 11) is 1.34. The van der Waals surface area contributed by atoms with Crippen molar-refractivity contribution in [2.45, 2.75) is 19.9 Å². The predicted octanol–water partition coefficient (Wildman–Crippen LogP) is 2.86. The molecular formula is C13H17ClFNO2. The van der Waals surface area contributed by atoms with E-state index in [-0.39, 0.29) is 17.5 Å². The summed E-state index contributed by atoms with van der Waals surface area (Å²) in [5, 5.41) is 0.0991. The normalized spacial score (nSPS) is 10.7. The zero-order chi connectivity index (χ0) is 13.5. The molecule has 0 fully saturated rings. The summed E-state index contributed by atoms with van der Waals surface area (Å²) in [5.41, 5.74) is 0.486. The van der Waals surface area contributed by atoms with Crippen LogP contribution in [0.4, 0.5) is 4.39 Å². The molecule has 0 amide bonds. The molecule has 0 aliphatic heterocycles. The second-order valence-electron chi connectivity index (χ2n) is 4.00. The second-order valence-corrected chi connectivity index (χ2v) is 4.41. The molecule has 3 nitrogen and oxygen atoms in total. The molecule has 0 aliphatic carbocycles. The van der Waals surface area contributed by atoms with Crippen molar-refractivity contribution in [2.75, 3.05) is 20.2 Å². The average molecular weight is 274 g/mol. The molecule has 0 aromatic heterocycles. The van der Waals surface area contributed by atoms with Crippen molar-refractivity contribution in [3.05, 3.63) is 34.6 Å². The van der Waals surface area contributed by atoms with E-state index in [1.807, 2.05) is 11.8 Å². The standard InChI is InChI=1S/C13H17ClFNO2/c1-3-7-16(9-12(17)18-2)8-10-5-4-6-11(14)13(10)15/h4-6H,3,7-9H2,1-2H3. The monoisotopic (exact) mass is 273 g/mol. The van der Waals surface area contributed by atoms with E-state index in [4.69, 9.17) is 11.6 Å². The van der Waals surface area contributed by atoms with Crippen molar-refractivity contribution in [2.24, 2.45) is 0 Å². The average Bonchev–Trinajstić information content (AvgIpc) is 2.35. The van der Waals surface area contributed by atoms with Crippen molar-refractivity contribution in [1.82, 2.24) is 4.90 Å². The maximum atomic E-state index is 13.7. The van der Waals surface area contributed by atoms with E-state index in [1.165, 1.54) is 13.2 Å². The fourth-order valence-electron chi connectivity index (χ4n) is 1.69. The number of hydrogen-bond acceptors (Lipinski definition) is 3. The lowest BCUT2D eigenvalue weighted by atomic mass is 10.2. The van der Waals surface area contributed by atoms with E-state index < -0.39 is 5.82 Å². The quantitative estimate of drug-likeness (QED) is 0.747. The highest BCUT2D eigenvalue weighted by atomic mass is 35.5. The van der Waals surface area contributed by atoms with Crippen molar-refractivity contribution in [3.63, 3.8) is 0 Å². The molecule has 0 aliphatic rings. The second kappa shape index (κ2) is 7.34. The summed E-state index contributed by atoms with van der Waals surface area (Å²) < 4.78 is 18.4. The van der Waals surface area contributed by atoms with Crippen LogP contribution in [0.2, 0.25) is 5.02 Å². The summed E-state index contributed by atoms with van der Waals surface area (Å²) in [6.45, 7) is 3.19. The van der Waals surface area contributed by atoms with E-state index in [0.29, 0.717) is 18.7 Å². The Bertz CT molecular complexity index is 412. The maximum Gasteiger partial charge on any atom is 0.319 e. The highest BCUT2D eigenvalue weighted by molar-refractivity contribution is 6.30. The molecule has 0 bridgehead atoms. The van der Waals surface area contributed by atoms with Crippen LogP contribution in [-0.2, 0) is 16.1 Å². The van der Waals surface area contributed by atoms with Crippen LogP contribution < -0.4 is 0 Å². The zero-order valence-electron chi connectivity index (χ0n) is 10.6. The van der Waals surface area contributed by atoms with Gasteiger partial charge in [-0.05, 0) is 19.0 Å². The first-order chi connectivity index (χ1) is 8.58. The molecule has 1 aromatic carbocycles. The fourth-order valence-corrected chi connectivity index (χ4v) is 1.88. The molecule has 0 radical (unpaired) electrons. The maximum absolute atomic E-state index is 13.7. The van der Waals surface area contributed by atoms with Gasteiger partial charge in [-0.25, -0.2) is 4.39 Å². The van der Waals surface area contributed by atoms with E-state index in [1.54, 1.807) is 12.1 Å². The van der Waals surface area contributed by atoms with Crippen LogP contribution in [0.3, 0.4) is 0 Å². The Balaban J connectivity index is 2.76. The van der Waals surface area contributed by atoms with Crippen LogP contribution in [0.1, 0.15) is 18.9 Å². The number of hydrogen-bond donors (Lipinski definition) is 0. The van der Waals surface area contributed by atoms with Gasteiger partial charge in [-0.2, -0.15) is 0 Å². The third-order valence-electron chi connectivity index (χ3n) is 2.55. The van der Waals surface area contributed by atoms with Gasteiger partial charge in [0.2, 0.25) is 0 Å². The Kier molecular flexibility index (Phi) is 6.09. The summed E-state index contributed by atoms with van der Waals surface area (Å²) in [6.07, 6.45) is 0.874. The topological polar surface area (TPSA) is 29.5 Å². The van der Waals surface area contributed by atoms with Crippen LogP contribution in [0.25, 0.3) is 0 Å². The van der Waals surface area contributed by atoms with E-state index in [9.17, 15) is 9.18 Å². The van der Waals surface area contributed by atoms with Gasteiger partial charge in [-0.15, -0.1) is 0 Å². The molecule has 0 heterocycles. The molecular weight excluding hydrogens is 257 g/mol. The van der Waals surface area contributed by atoms with Crippen LogP contribution in [-0.4, -0.2) is 31.1 Å². The van der Waals surface area contributed by atoms with Gasteiger partial charge >= 0.3 is 5.97 Å². The minimum atomic E-state index is -0.426. The number of halogens is 2. The van der Waals surface area contributed by atoms with Crippen molar-refractivity contribution < 1.29 is 13.9 Å². The molecule has 1 rings (SSSR count). The molecule has 1 aromatic rings. The minimum Gasteiger partial charge on any atom is -0.468 e. The van der Waals surface area contributed by atoms with Crippen LogP contribution in [0, 0.1) is 5.82 Å². The Morgan fingerprint density at radius 2 is 2.22 bits per heavy atom. The number of nitrogens with zero attached hydrogens (tertiary/aromatic N) is 1. The first-order valence-corrected chi connectivity index (χ1v) is 6.18. The predicted molar refractivity (Wildman–Crippen MR) is 69.0 cm³/mol. The van der Waals surface area contributed by atoms with Crippen LogP contribution in [0.15, 0.2) is 18.2 Å². The highest BCUT2D eigenvalue weighted by Gasteiger charge is 2.14. The summed E-state index contributed by atoms with van der Waals surface area (Å²) >= 11 is 5.72. The van der Waals surface area contributed by atoms with E-state index in [0.717, 1.165) is 6.42 Å². The third-order valence-corrected chi connectivity index (χ3v) is 2.84. The van der Waals surface area contributed by atoms with E-state index in [2.05, 4.69) is 4.74 Å². The largest absolute Gasteiger partial charge is 0.468 e. The first-order valence-electron chi connectivity index (χ1n) is 5.80. The lowest BCUT2D eigenvalue weighted by Crippen LogP contribution is -2.31. The molecule has 0 spiro atoms. The highest BCUT2D eigenvalue weighted by Crippen LogP contribution is 2.19. The number of esters is 1. The van der Waals surface area contributed by atoms with Gasteiger partial charge < -0.3 is 4.74 Å². The summed E-state index contributed by atoms with van der Waals surface area (Å²) in [5.74, 6) is -0.754. The SMILES string of the molecule is CCCN(CC(=O)OC)Cc1cccc(Cl)c1F. The van der Waals surface area contributed by atoms with Crippen molar-refractivity contribution in [3.8, 4) is 0 Å². The molecule has 0 N–H and O–H groups in total. The van der Waals surface area contributed by atoms with Gasteiger partial charge in [0.25, 0.3) is 0 Å². The summed E-state index contributed by atoms with van der Waals surface area (Å²) in [4.78, 5) is 13.1. The van der Waals surface area contributed by atoms with Gasteiger partial charge in [0.15, 0.2) is 0 Å². The molecule has 0 atom stereocenters. The Morgan fingerprint density at radius 3 is 2.83 bits per heavy atom. The smallest absolute Gasteiger partial charge is 0.319 e. The van der Waals surface area contributed by atoms with Gasteiger partial charge in [0.05, 0.1) is 18.7 Å². The first kappa shape index (κ1) is 14.9. The zero-order valence-corrected chi connectivity index (χ0v) is 11.3. The molecule has 0 saturated heterocycles.